The molecule has 0 saturated heterocycles. The Bertz CT molecular complexity index is 417. The van der Waals surface area contributed by atoms with Gasteiger partial charge in [-0.1, -0.05) is 30.3 Å². The van der Waals surface area contributed by atoms with Crippen molar-refractivity contribution in [2.24, 2.45) is 0 Å². The minimum absolute atomic E-state index is 0. The summed E-state index contributed by atoms with van der Waals surface area (Å²) in [7, 11) is 0. The molecule has 0 spiro atoms. The van der Waals surface area contributed by atoms with Crippen LogP contribution in [0.5, 0.6) is 5.75 Å². The van der Waals surface area contributed by atoms with Gasteiger partial charge >= 0.3 is 18.9 Å². The molecule has 0 bridgehead atoms. The first kappa shape index (κ1) is 11.2. The third-order valence-corrected chi connectivity index (χ3v) is 2.03. The zero-order valence-corrected chi connectivity index (χ0v) is 8.66. The summed E-state index contributed by atoms with van der Waals surface area (Å²) in [6.07, 6.45) is 0. The molecule has 1 nitrogen and oxygen atoms in total. The van der Waals surface area contributed by atoms with E-state index in [0.29, 0.717) is 0 Å². The number of rotatable bonds is 2. The molecule has 2 aromatic carbocycles. The molecule has 0 saturated carbocycles. The number of fused-ring (bicyclic) bond motifs is 1. The molecular formula is C12H13LiO. The van der Waals surface area contributed by atoms with Gasteiger partial charge in [0.1, 0.15) is 5.75 Å². The predicted octanol–water partition coefficient (Wildman–Crippen LogP) is 0.355. The van der Waals surface area contributed by atoms with Crippen molar-refractivity contribution in [2.45, 2.75) is 6.92 Å². The minimum atomic E-state index is 0. The average Bonchev–Trinajstić information content (AvgIpc) is 2.18. The van der Waals surface area contributed by atoms with Crippen LogP contribution < -0.4 is 23.6 Å². The van der Waals surface area contributed by atoms with E-state index in [2.05, 4.69) is 24.3 Å². The Morgan fingerprint density at radius 2 is 1.79 bits per heavy atom. The number of hydrogen-bond donors (Lipinski definition) is 0. The molecule has 0 N–H and O–H groups in total. The van der Waals surface area contributed by atoms with Crippen molar-refractivity contribution in [2.75, 3.05) is 6.61 Å². The zero-order chi connectivity index (χ0) is 9.10. The second-order valence-electron chi connectivity index (χ2n) is 2.94. The van der Waals surface area contributed by atoms with E-state index in [-0.39, 0.29) is 20.3 Å². The predicted molar refractivity (Wildman–Crippen MR) is 56.2 cm³/mol. The molecule has 0 radical (unpaired) electrons. The van der Waals surface area contributed by atoms with Crippen molar-refractivity contribution in [1.29, 1.82) is 0 Å². The first-order valence-corrected chi connectivity index (χ1v) is 4.52. The van der Waals surface area contributed by atoms with Crippen LogP contribution in [0.2, 0.25) is 0 Å². The normalized spacial score (nSPS) is 9.50. The van der Waals surface area contributed by atoms with E-state index in [4.69, 9.17) is 4.74 Å². The van der Waals surface area contributed by atoms with Crippen molar-refractivity contribution in [3.8, 4) is 5.75 Å². The molecule has 0 aliphatic rings. The van der Waals surface area contributed by atoms with E-state index in [1.165, 1.54) is 10.8 Å². The van der Waals surface area contributed by atoms with Gasteiger partial charge in [0.15, 0.2) is 0 Å². The Balaban J connectivity index is 0.000000980. The van der Waals surface area contributed by atoms with Crippen LogP contribution in [0.25, 0.3) is 10.8 Å². The maximum atomic E-state index is 5.41. The summed E-state index contributed by atoms with van der Waals surface area (Å²) in [5.74, 6) is 0.946. The van der Waals surface area contributed by atoms with Crippen LogP contribution in [0.4, 0.5) is 0 Å². The van der Waals surface area contributed by atoms with Gasteiger partial charge in [0, 0.05) is 0 Å². The van der Waals surface area contributed by atoms with Gasteiger partial charge in [0.2, 0.25) is 0 Å². The Hall–Kier alpha value is -0.903. The van der Waals surface area contributed by atoms with Gasteiger partial charge in [0.05, 0.1) is 6.61 Å². The summed E-state index contributed by atoms with van der Waals surface area (Å²) in [5.41, 5.74) is 0. The molecule has 0 aliphatic heterocycles. The fourth-order valence-corrected chi connectivity index (χ4v) is 1.42. The van der Waals surface area contributed by atoms with Gasteiger partial charge in [-0.15, -0.1) is 0 Å². The third-order valence-electron chi connectivity index (χ3n) is 2.03. The Kier molecular flexibility index (Phi) is 4.07. The summed E-state index contributed by atoms with van der Waals surface area (Å²) in [5, 5.41) is 2.49. The number of ether oxygens (including phenoxy) is 1. The summed E-state index contributed by atoms with van der Waals surface area (Å²) in [6, 6.07) is 14.4. The van der Waals surface area contributed by atoms with Crippen molar-refractivity contribution >= 4 is 10.8 Å². The van der Waals surface area contributed by atoms with Crippen molar-refractivity contribution in [3.63, 3.8) is 0 Å². The second-order valence-corrected chi connectivity index (χ2v) is 2.94. The molecule has 0 amide bonds. The first-order chi connectivity index (χ1) is 6.40. The van der Waals surface area contributed by atoms with Crippen molar-refractivity contribution in [1.82, 2.24) is 0 Å². The fourth-order valence-electron chi connectivity index (χ4n) is 1.42. The van der Waals surface area contributed by atoms with E-state index in [0.717, 1.165) is 12.4 Å². The van der Waals surface area contributed by atoms with Gasteiger partial charge in [-0.05, 0) is 29.8 Å². The topological polar surface area (TPSA) is 9.23 Å². The Labute approximate surface area is 97.7 Å². The fraction of sp³-hybridized carbons (Fsp3) is 0.167. The maximum absolute atomic E-state index is 5.41. The van der Waals surface area contributed by atoms with E-state index < -0.39 is 0 Å². The van der Waals surface area contributed by atoms with Crippen LogP contribution in [0.1, 0.15) is 8.35 Å². The smallest absolute Gasteiger partial charge is 1.00 e. The van der Waals surface area contributed by atoms with Crippen LogP contribution in [0.3, 0.4) is 0 Å². The number of benzene rings is 2. The molecule has 2 aromatic rings. The van der Waals surface area contributed by atoms with Crippen molar-refractivity contribution < 1.29 is 25.0 Å². The summed E-state index contributed by atoms with van der Waals surface area (Å²) in [4.78, 5) is 0. The Morgan fingerprint density at radius 1 is 1.07 bits per heavy atom. The summed E-state index contributed by atoms with van der Waals surface area (Å²) >= 11 is 0. The first-order valence-electron chi connectivity index (χ1n) is 4.52. The van der Waals surface area contributed by atoms with Gasteiger partial charge in [0.25, 0.3) is 0 Å². The molecule has 2 heteroatoms. The minimum Gasteiger partial charge on any atom is -1.00 e. The van der Waals surface area contributed by atoms with Crippen LogP contribution in [-0.4, -0.2) is 6.61 Å². The molecule has 0 atom stereocenters. The molecule has 14 heavy (non-hydrogen) atoms. The van der Waals surface area contributed by atoms with E-state index >= 15 is 0 Å². The van der Waals surface area contributed by atoms with Gasteiger partial charge in [-0.25, -0.2) is 0 Å². The van der Waals surface area contributed by atoms with Crippen LogP contribution in [0, 0.1) is 0 Å². The van der Waals surface area contributed by atoms with E-state index in [9.17, 15) is 0 Å². The zero-order valence-electron chi connectivity index (χ0n) is 9.66. The molecule has 0 heterocycles. The van der Waals surface area contributed by atoms with Crippen LogP contribution >= 0.6 is 0 Å². The van der Waals surface area contributed by atoms with Gasteiger partial charge < -0.3 is 6.16 Å². The largest absolute Gasteiger partial charge is 1.00 e. The molecule has 0 unspecified atom stereocenters. The Morgan fingerprint density at radius 3 is 2.50 bits per heavy atom. The molecule has 0 aliphatic carbocycles. The monoisotopic (exact) mass is 180 g/mol. The summed E-state index contributed by atoms with van der Waals surface area (Å²) in [6.45, 7) is 2.72. The standard InChI is InChI=1S/C12H12O.Li.H/c1-2-13-12-8-7-10-5-3-4-6-11(10)9-12;;/h3-9H,2H2,1H3;;/q;+1;-1. The van der Waals surface area contributed by atoms with Crippen LogP contribution in [-0.2, 0) is 0 Å². The molecule has 68 valence electrons. The molecule has 0 aromatic heterocycles. The van der Waals surface area contributed by atoms with Gasteiger partial charge in [-0.2, -0.15) is 0 Å². The summed E-state index contributed by atoms with van der Waals surface area (Å²) < 4.78 is 5.41. The van der Waals surface area contributed by atoms with Crippen LogP contribution in [0.15, 0.2) is 42.5 Å². The molecule has 2 rings (SSSR count). The quantitative estimate of drug-likeness (QED) is 0.606. The third kappa shape index (κ3) is 2.32. The molecule has 0 fully saturated rings. The SMILES string of the molecule is CCOc1ccc2ccccc2c1.[H-].[Li+]. The number of hydrogen-bond acceptors (Lipinski definition) is 1. The second kappa shape index (κ2) is 5.10. The van der Waals surface area contributed by atoms with E-state index in [1.807, 2.05) is 25.1 Å². The maximum Gasteiger partial charge on any atom is 1.00 e. The average molecular weight is 180 g/mol. The van der Waals surface area contributed by atoms with E-state index in [1.54, 1.807) is 0 Å². The van der Waals surface area contributed by atoms with Crippen molar-refractivity contribution in [3.05, 3.63) is 42.5 Å². The molecular weight excluding hydrogens is 167 g/mol. The van der Waals surface area contributed by atoms with Gasteiger partial charge in [-0.3, -0.25) is 0 Å².